The van der Waals surface area contributed by atoms with E-state index < -0.39 is 10.0 Å². The number of benzene rings is 1. The van der Waals surface area contributed by atoms with E-state index in [1.54, 1.807) is 34.8 Å². The molecule has 3 rings (SSSR count). The molecule has 1 saturated heterocycles. The van der Waals surface area contributed by atoms with Crippen molar-refractivity contribution in [2.75, 3.05) is 13.1 Å². The van der Waals surface area contributed by atoms with Crippen LogP contribution in [0.1, 0.15) is 23.9 Å². The predicted octanol–water partition coefficient (Wildman–Crippen LogP) is 1.90. The highest BCUT2D eigenvalue weighted by atomic mass is 32.2. The van der Waals surface area contributed by atoms with Crippen molar-refractivity contribution in [2.24, 2.45) is 0 Å². The van der Waals surface area contributed by atoms with Gasteiger partial charge in [0.25, 0.3) is 0 Å². The summed E-state index contributed by atoms with van der Waals surface area (Å²) in [6.45, 7) is 2.98. The summed E-state index contributed by atoms with van der Waals surface area (Å²) in [5.41, 5.74) is 1.00. The first-order chi connectivity index (χ1) is 9.57. The molecule has 0 amide bonds. The van der Waals surface area contributed by atoms with Gasteiger partial charge in [-0.05, 0) is 25.5 Å². The van der Waals surface area contributed by atoms with Crippen LogP contribution in [0.4, 0.5) is 0 Å². The normalized spacial score (nSPS) is 20.4. The Morgan fingerprint density at radius 1 is 1.30 bits per heavy atom. The summed E-state index contributed by atoms with van der Waals surface area (Å²) in [7, 11) is -3.38. The molecule has 1 fully saturated rings. The third kappa shape index (κ3) is 2.36. The van der Waals surface area contributed by atoms with Crippen molar-refractivity contribution >= 4 is 10.0 Å². The second-order valence-corrected chi connectivity index (χ2v) is 7.05. The lowest BCUT2D eigenvalue weighted by atomic mass is 10.1. The molecule has 0 aliphatic carbocycles. The maximum Gasteiger partial charge on any atom is 0.243 e. The molecule has 0 saturated carbocycles. The predicted molar refractivity (Wildman–Crippen MR) is 75.9 cm³/mol. The molecular weight excluding hydrogens is 274 g/mol. The van der Waals surface area contributed by atoms with Crippen LogP contribution in [-0.4, -0.2) is 35.8 Å². The highest BCUT2D eigenvalue weighted by Crippen LogP contribution is 2.29. The van der Waals surface area contributed by atoms with Gasteiger partial charge < -0.3 is 4.98 Å². The molecule has 1 aliphatic rings. The van der Waals surface area contributed by atoms with Crippen LogP contribution in [0.3, 0.4) is 0 Å². The van der Waals surface area contributed by atoms with Crippen LogP contribution < -0.4 is 0 Å². The van der Waals surface area contributed by atoms with Crippen molar-refractivity contribution in [3.63, 3.8) is 0 Å². The highest BCUT2D eigenvalue weighted by Gasteiger charge is 2.34. The topological polar surface area (TPSA) is 66.1 Å². The van der Waals surface area contributed by atoms with Crippen molar-refractivity contribution in [3.05, 3.63) is 48.0 Å². The molecule has 2 heterocycles. The smallest absolute Gasteiger partial charge is 0.243 e. The van der Waals surface area contributed by atoms with Crippen LogP contribution in [0.25, 0.3) is 0 Å². The van der Waals surface area contributed by atoms with E-state index >= 15 is 0 Å². The second-order valence-electron chi connectivity index (χ2n) is 5.11. The highest BCUT2D eigenvalue weighted by molar-refractivity contribution is 7.89. The maximum absolute atomic E-state index is 12.5. The number of nitrogens with one attached hydrogen (secondary N) is 1. The molecule has 0 bridgehead atoms. The summed E-state index contributed by atoms with van der Waals surface area (Å²) < 4.78 is 26.6. The summed E-state index contributed by atoms with van der Waals surface area (Å²) in [5.74, 6) is 1.04. The molecule has 6 heteroatoms. The Kier molecular flexibility index (Phi) is 3.35. The molecule has 0 radical (unpaired) electrons. The number of hydrogen-bond donors (Lipinski definition) is 1. The van der Waals surface area contributed by atoms with Crippen molar-refractivity contribution in [2.45, 2.75) is 24.2 Å². The summed E-state index contributed by atoms with van der Waals surface area (Å²) in [4.78, 5) is 7.86. The van der Waals surface area contributed by atoms with E-state index in [2.05, 4.69) is 9.97 Å². The van der Waals surface area contributed by atoms with Crippen molar-refractivity contribution in [1.82, 2.24) is 14.3 Å². The molecule has 20 heavy (non-hydrogen) atoms. The fourth-order valence-corrected chi connectivity index (χ4v) is 4.07. The Hall–Kier alpha value is -1.66. The summed E-state index contributed by atoms with van der Waals surface area (Å²) in [6, 6.07) is 8.59. The van der Waals surface area contributed by atoms with Gasteiger partial charge in [0.1, 0.15) is 5.82 Å². The third-order valence-electron chi connectivity index (χ3n) is 3.64. The molecular formula is C14H17N3O2S. The number of nitrogens with zero attached hydrogens (tertiary/aromatic N) is 2. The Balaban J connectivity index is 1.80. The van der Waals surface area contributed by atoms with E-state index in [4.69, 9.17) is 0 Å². The van der Waals surface area contributed by atoms with Gasteiger partial charge in [-0.2, -0.15) is 4.31 Å². The van der Waals surface area contributed by atoms with E-state index in [0.29, 0.717) is 18.0 Å². The van der Waals surface area contributed by atoms with Gasteiger partial charge in [0.05, 0.1) is 4.90 Å². The quantitative estimate of drug-likeness (QED) is 0.939. The fraction of sp³-hybridized carbons (Fsp3) is 0.357. The molecule has 0 spiro atoms. The average molecular weight is 291 g/mol. The molecule has 1 aliphatic heterocycles. The molecule has 1 aromatic carbocycles. The number of aromatic amines is 1. The summed E-state index contributed by atoms with van der Waals surface area (Å²) in [6.07, 6.45) is 2.59. The van der Waals surface area contributed by atoms with Gasteiger partial charge in [0, 0.05) is 30.9 Å². The van der Waals surface area contributed by atoms with Crippen molar-refractivity contribution in [1.29, 1.82) is 0 Å². The first-order valence-corrected chi connectivity index (χ1v) is 8.08. The minimum Gasteiger partial charge on any atom is -0.346 e. The number of H-pyrrole nitrogens is 1. The first kappa shape index (κ1) is 13.3. The zero-order valence-corrected chi connectivity index (χ0v) is 12.1. The molecule has 1 aromatic heterocycles. The van der Waals surface area contributed by atoms with Crippen molar-refractivity contribution in [3.8, 4) is 0 Å². The number of imidazole rings is 1. The van der Waals surface area contributed by atoms with Gasteiger partial charge in [-0.1, -0.05) is 18.2 Å². The minimum absolute atomic E-state index is 0.155. The first-order valence-electron chi connectivity index (χ1n) is 6.64. The fourth-order valence-electron chi connectivity index (χ4n) is 2.55. The molecule has 1 atom stereocenters. The van der Waals surface area contributed by atoms with E-state index in [1.807, 2.05) is 13.0 Å². The summed E-state index contributed by atoms with van der Waals surface area (Å²) in [5, 5.41) is 0. The Morgan fingerprint density at radius 2 is 2.05 bits per heavy atom. The van der Waals surface area contributed by atoms with E-state index in [-0.39, 0.29) is 5.92 Å². The zero-order chi connectivity index (χ0) is 14.2. The SMILES string of the molecule is Cc1cnc([C@@H]2CCN(S(=O)(=O)c3ccccc3)C2)[nH]1. The van der Waals surface area contributed by atoms with E-state index in [9.17, 15) is 8.42 Å². The average Bonchev–Trinajstić information content (AvgIpc) is 3.08. The van der Waals surface area contributed by atoms with Crippen LogP contribution in [0.2, 0.25) is 0 Å². The van der Waals surface area contributed by atoms with Crippen molar-refractivity contribution < 1.29 is 8.42 Å². The Bertz CT molecular complexity index is 694. The lowest BCUT2D eigenvalue weighted by Crippen LogP contribution is -2.28. The van der Waals surface area contributed by atoms with Gasteiger partial charge in [-0.25, -0.2) is 13.4 Å². The zero-order valence-electron chi connectivity index (χ0n) is 11.3. The minimum atomic E-state index is -3.38. The van der Waals surface area contributed by atoms with E-state index in [1.165, 1.54) is 0 Å². The number of aryl methyl sites for hydroxylation is 1. The summed E-state index contributed by atoms with van der Waals surface area (Å²) >= 11 is 0. The number of sulfonamides is 1. The van der Waals surface area contributed by atoms with Gasteiger partial charge in [0.2, 0.25) is 10.0 Å². The van der Waals surface area contributed by atoms with E-state index in [0.717, 1.165) is 17.9 Å². The molecule has 5 nitrogen and oxygen atoms in total. The van der Waals surface area contributed by atoms with Gasteiger partial charge in [-0.15, -0.1) is 0 Å². The maximum atomic E-state index is 12.5. The molecule has 0 unspecified atom stereocenters. The Labute approximate surface area is 118 Å². The second kappa shape index (κ2) is 5.03. The lowest BCUT2D eigenvalue weighted by molar-refractivity contribution is 0.471. The molecule has 2 aromatic rings. The standard InChI is InChI=1S/C14H17N3O2S/c1-11-9-15-14(16-11)12-7-8-17(10-12)20(18,19)13-5-3-2-4-6-13/h2-6,9,12H,7-8,10H2,1H3,(H,15,16)/t12-/m1/s1. The third-order valence-corrected chi connectivity index (χ3v) is 5.52. The van der Waals surface area contributed by atoms with Crippen LogP contribution >= 0.6 is 0 Å². The van der Waals surface area contributed by atoms with Gasteiger partial charge >= 0.3 is 0 Å². The van der Waals surface area contributed by atoms with Crippen LogP contribution in [0, 0.1) is 6.92 Å². The number of hydrogen-bond acceptors (Lipinski definition) is 3. The molecule has 106 valence electrons. The van der Waals surface area contributed by atoms with Crippen LogP contribution in [-0.2, 0) is 10.0 Å². The molecule has 1 N–H and O–H groups in total. The van der Waals surface area contributed by atoms with Gasteiger partial charge in [-0.3, -0.25) is 0 Å². The number of aromatic nitrogens is 2. The van der Waals surface area contributed by atoms with Crippen LogP contribution in [0.5, 0.6) is 0 Å². The number of rotatable bonds is 3. The Morgan fingerprint density at radius 3 is 2.70 bits per heavy atom. The van der Waals surface area contributed by atoms with Gasteiger partial charge in [0.15, 0.2) is 0 Å². The largest absolute Gasteiger partial charge is 0.346 e. The monoisotopic (exact) mass is 291 g/mol. The van der Waals surface area contributed by atoms with Crippen LogP contribution in [0.15, 0.2) is 41.4 Å². The lowest BCUT2D eigenvalue weighted by Gasteiger charge is -2.16.